The lowest BCUT2D eigenvalue weighted by atomic mass is 10.2. The fraction of sp³-hybridized carbons (Fsp3) is 0.0833. The molecule has 0 amide bonds. The van der Waals surface area contributed by atoms with E-state index in [-0.39, 0.29) is 0 Å². The lowest BCUT2D eigenvalue weighted by Gasteiger charge is -2.09. The van der Waals surface area contributed by atoms with E-state index >= 15 is 0 Å². The lowest BCUT2D eigenvalue weighted by Crippen LogP contribution is -1.97. The number of ether oxygens (including phenoxy) is 1. The summed E-state index contributed by atoms with van der Waals surface area (Å²) in [6.07, 6.45) is 0. The Hall–Kier alpha value is -3.09. The van der Waals surface area contributed by atoms with Crippen LogP contribution in [-0.2, 0) is 5.75 Å². The van der Waals surface area contributed by atoms with Crippen LogP contribution < -0.4 is 4.74 Å². The minimum absolute atomic E-state index is 0.767. The van der Waals surface area contributed by atoms with Gasteiger partial charge in [0, 0.05) is 22.4 Å². The van der Waals surface area contributed by atoms with E-state index < -0.39 is 0 Å². The summed E-state index contributed by atoms with van der Waals surface area (Å²) in [6, 6.07) is 26.6. The third-order valence-corrected chi connectivity index (χ3v) is 6.69. The predicted molar refractivity (Wildman–Crippen MR) is 125 cm³/mol. The maximum Gasteiger partial charge on any atom is 0.174 e. The van der Waals surface area contributed by atoms with Gasteiger partial charge in [0.2, 0.25) is 0 Å². The minimum atomic E-state index is 0.767. The molecule has 0 N–H and O–H groups in total. The molecule has 0 atom stereocenters. The SMILES string of the molecule is COc1ccc(-n2c(SCc3csc(-c4ccccc4)n3)nc3ccccc32)cc1. The largest absolute Gasteiger partial charge is 0.497 e. The van der Waals surface area contributed by atoms with E-state index in [4.69, 9.17) is 14.7 Å². The van der Waals surface area contributed by atoms with Crippen molar-refractivity contribution in [1.82, 2.24) is 14.5 Å². The molecule has 0 radical (unpaired) electrons. The standard InChI is InChI=1S/C24H19N3OS2/c1-28-20-13-11-19(12-14-20)27-22-10-6-5-9-21(22)26-24(27)30-16-18-15-29-23(25-18)17-7-3-2-4-8-17/h2-15H,16H2,1H3. The molecule has 0 aliphatic rings. The van der Waals surface area contributed by atoms with Crippen LogP contribution in [-0.4, -0.2) is 21.6 Å². The summed E-state index contributed by atoms with van der Waals surface area (Å²) >= 11 is 3.39. The van der Waals surface area contributed by atoms with Crippen LogP contribution in [0.25, 0.3) is 27.3 Å². The van der Waals surface area contributed by atoms with E-state index in [0.717, 1.165) is 49.6 Å². The van der Waals surface area contributed by atoms with Crippen LogP contribution >= 0.6 is 23.1 Å². The summed E-state index contributed by atoms with van der Waals surface area (Å²) < 4.78 is 7.51. The van der Waals surface area contributed by atoms with Crippen molar-refractivity contribution in [2.45, 2.75) is 10.9 Å². The summed E-state index contributed by atoms with van der Waals surface area (Å²) in [6.45, 7) is 0. The van der Waals surface area contributed by atoms with Gasteiger partial charge >= 0.3 is 0 Å². The van der Waals surface area contributed by atoms with Crippen LogP contribution in [0.5, 0.6) is 5.75 Å². The molecule has 6 heteroatoms. The highest BCUT2D eigenvalue weighted by Gasteiger charge is 2.14. The Bertz CT molecular complexity index is 1280. The molecule has 0 unspecified atom stereocenters. The van der Waals surface area contributed by atoms with Crippen LogP contribution in [0.15, 0.2) is 89.4 Å². The first-order valence-electron chi connectivity index (χ1n) is 9.56. The molecule has 0 saturated carbocycles. The van der Waals surface area contributed by atoms with Gasteiger partial charge in [0.25, 0.3) is 0 Å². The molecular weight excluding hydrogens is 410 g/mol. The van der Waals surface area contributed by atoms with Crippen LogP contribution in [0, 0.1) is 0 Å². The number of hydrogen-bond donors (Lipinski definition) is 0. The Balaban J connectivity index is 1.45. The zero-order valence-corrected chi connectivity index (χ0v) is 18.0. The quantitative estimate of drug-likeness (QED) is 0.291. The van der Waals surface area contributed by atoms with Crippen molar-refractivity contribution in [3.05, 3.63) is 89.9 Å². The number of fused-ring (bicyclic) bond motifs is 1. The Morgan fingerprint density at radius 1 is 0.900 bits per heavy atom. The van der Waals surface area contributed by atoms with Crippen molar-refractivity contribution < 1.29 is 4.74 Å². The fourth-order valence-electron chi connectivity index (χ4n) is 3.31. The average Bonchev–Trinajstić information content (AvgIpc) is 3.43. The summed E-state index contributed by atoms with van der Waals surface area (Å²) in [5.74, 6) is 1.61. The smallest absolute Gasteiger partial charge is 0.174 e. The third-order valence-electron chi connectivity index (χ3n) is 4.78. The third kappa shape index (κ3) is 3.72. The lowest BCUT2D eigenvalue weighted by molar-refractivity contribution is 0.414. The van der Waals surface area contributed by atoms with Crippen molar-refractivity contribution in [3.63, 3.8) is 0 Å². The summed E-state index contributed by atoms with van der Waals surface area (Å²) in [5, 5.41) is 4.14. The highest BCUT2D eigenvalue weighted by atomic mass is 32.2. The van der Waals surface area contributed by atoms with E-state index in [1.165, 1.54) is 0 Å². The second-order valence-corrected chi connectivity index (χ2v) is 8.52. The molecule has 0 spiro atoms. The van der Waals surface area contributed by atoms with Gasteiger partial charge in [-0.05, 0) is 36.4 Å². The molecule has 30 heavy (non-hydrogen) atoms. The highest BCUT2D eigenvalue weighted by Crippen LogP contribution is 2.32. The number of hydrogen-bond acceptors (Lipinski definition) is 5. The second-order valence-electron chi connectivity index (χ2n) is 6.72. The zero-order chi connectivity index (χ0) is 20.3. The molecule has 3 aromatic carbocycles. The van der Waals surface area contributed by atoms with Crippen LogP contribution in [0.4, 0.5) is 0 Å². The van der Waals surface area contributed by atoms with Gasteiger partial charge in [-0.1, -0.05) is 54.2 Å². The van der Waals surface area contributed by atoms with E-state index in [9.17, 15) is 0 Å². The monoisotopic (exact) mass is 429 g/mol. The summed E-state index contributed by atoms with van der Waals surface area (Å²) in [4.78, 5) is 9.70. The predicted octanol–water partition coefficient (Wildman–Crippen LogP) is 6.45. The van der Waals surface area contributed by atoms with Gasteiger partial charge in [-0.2, -0.15) is 0 Å². The van der Waals surface area contributed by atoms with Crippen LogP contribution in [0.2, 0.25) is 0 Å². The number of rotatable bonds is 6. The van der Waals surface area contributed by atoms with Gasteiger partial charge in [-0.15, -0.1) is 11.3 Å². The van der Waals surface area contributed by atoms with Crippen molar-refractivity contribution in [1.29, 1.82) is 0 Å². The number of thioether (sulfide) groups is 1. The van der Waals surface area contributed by atoms with Crippen LogP contribution in [0.1, 0.15) is 5.69 Å². The van der Waals surface area contributed by atoms with Gasteiger partial charge in [-0.25, -0.2) is 9.97 Å². The van der Waals surface area contributed by atoms with Gasteiger partial charge < -0.3 is 4.74 Å². The molecule has 4 nitrogen and oxygen atoms in total. The molecule has 2 aromatic heterocycles. The Kier molecular flexibility index (Phi) is 5.26. The molecule has 0 aliphatic carbocycles. The minimum Gasteiger partial charge on any atom is -0.497 e. The number of benzene rings is 3. The van der Waals surface area contributed by atoms with Gasteiger partial charge in [0.1, 0.15) is 10.8 Å². The van der Waals surface area contributed by atoms with Crippen LogP contribution in [0.3, 0.4) is 0 Å². The maximum atomic E-state index is 5.31. The Morgan fingerprint density at radius 2 is 1.67 bits per heavy atom. The van der Waals surface area contributed by atoms with Crippen molar-refractivity contribution in [2.75, 3.05) is 7.11 Å². The second kappa shape index (κ2) is 8.34. The molecule has 0 aliphatic heterocycles. The molecule has 0 saturated heterocycles. The molecular formula is C24H19N3OS2. The number of imidazole rings is 1. The number of thiazole rings is 1. The molecule has 2 heterocycles. The van der Waals surface area contributed by atoms with E-state index in [2.05, 4.69) is 46.3 Å². The number of methoxy groups -OCH3 is 1. The van der Waals surface area contributed by atoms with Crippen molar-refractivity contribution in [2.24, 2.45) is 0 Å². The average molecular weight is 430 g/mol. The normalized spacial score (nSPS) is 11.1. The maximum absolute atomic E-state index is 5.31. The number of para-hydroxylation sites is 2. The Labute approximate surface area is 183 Å². The molecule has 148 valence electrons. The molecule has 5 aromatic rings. The van der Waals surface area contributed by atoms with Crippen molar-refractivity contribution in [3.8, 4) is 22.0 Å². The van der Waals surface area contributed by atoms with Gasteiger partial charge in [-0.3, -0.25) is 4.57 Å². The topological polar surface area (TPSA) is 39.9 Å². The van der Waals surface area contributed by atoms with E-state index in [0.29, 0.717) is 0 Å². The van der Waals surface area contributed by atoms with E-state index in [1.54, 1.807) is 30.2 Å². The fourth-order valence-corrected chi connectivity index (χ4v) is 5.16. The first kappa shape index (κ1) is 18.9. The first-order valence-corrected chi connectivity index (χ1v) is 11.4. The molecule has 5 rings (SSSR count). The van der Waals surface area contributed by atoms with E-state index in [1.807, 2.05) is 42.5 Å². The van der Waals surface area contributed by atoms with Gasteiger partial charge in [0.05, 0.1) is 23.8 Å². The Morgan fingerprint density at radius 3 is 2.47 bits per heavy atom. The summed E-state index contributed by atoms with van der Waals surface area (Å²) in [7, 11) is 1.68. The zero-order valence-electron chi connectivity index (χ0n) is 16.4. The number of aromatic nitrogens is 3. The molecule has 0 bridgehead atoms. The molecule has 0 fully saturated rings. The highest BCUT2D eigenvalue weighted by molar-refractivity contribution is 7.98. The first-order chi connectivity index (χ1) is 14.8. The number of nitrogens with zero attached hydrogens (tertiary/aromatic N) is 3. The summed E-state index contributed by atoms with van der Waals surface area (Å²) in [5.41, 5.74) is 5.36. The van der Waals surface area contributed by atoms with Gasteiger partial charge in [0.15, 0.2) is 5.16 Å². The van der Waals surface area contributed by atoms with Crippen molar-refractivity contribution >= 4 is 34.1 Å².